The van der Waals surface area contributed by atoms with Gasteiger partial charge in [-0.15, -0.1) is 0 Å². The van der Waals surface area contributed by atoms with Crippen molar-refractivity contribution < 1.29 is 15.1 Å². The standard InChI is InChI=1S/C11H23N3O3/c1-3-9(10(12)13-17)11(16)14(2)7-5-4-6-8-15/h9,15,17H,3-8H2,1-2H3,(H2,12,13). The lowest BCUT2D eigenvalue weighted by Gasteiger charge is -2.22. The van der Waals surface area contributed by atoms with E-state index in [2.05, 4.69) is 5.16 Å². The third-order valence-electron chi connectivity index (χ3n) is 2.71. The molecule has 0 aromatic heterocycles. The number of carbonyl (C=O) groups excluding carboxylic acids is 1. The second-order valence-corrected chi connectivity index (χ2v) is 4.03. The normalized spacial score (nSPS) is 13.5. The van der Waals surface area contributed by atoms with Crippen LogP contribution in [0, 0.1) is 5.92 Å². The molecule has 0 aliphatic rings. The number of amidine groups is 1. The monoisotopic (exact) mass is 245 g/mol. The Kier molecular flexibility index (Phi) is 8.13. The Morgan fingerprint density at radius 2 is 2.06 bits per heavy atom. The van der Waals surface area contributed by atoms with Gasteiger partial charge in [-0.1, -0.05) is 12.1 Å². The minimum Gasteiger partial charge on any atom is -0.409 e. The summed E-state index contributed by atoms with van der Waals surface area (Å²) >= 11 is 0. The highest BCUT2D eigenvalue weighted by Crippen LogP contribution is 2.08. The highest BCUT2D eigenvalue weighted by molar-refractivity contribution is 6.01. The third kappa shape index (κ3) is 5.53. The summed E-state index contributed by atoms with van der Waals surface area (Å²) in [6.07, 6.45) is 2.99. The lowest BCUT2D eigenvalue weighted by atomic mass is 10.0. The van der Waals surface area contributed by atoms with Crippen LogP contribution >= 0.6 is 0 Å². The summed E-state index contributed by atoms with van der Waals surface area (Å²) in [5, 5.41) is 20.1. The summed E-state index contributed by atoms with van der Waals surface area (Å²) in [5.41, 5.74) is 5.46. The largest absolute Gasteiger partial charge is 0.409 e. The number of oxime groups is 1. The van der Waals surface area contributed by atoms with Crippen LogP contribution in [0.4, 0.5) is 0 Å². The number of unbranched alkanes of at least 4 members (excludes halogenated alkanes) is 2. The minimum absolute atomic E-state index is 0.0419. The van der Waals surface area contributed by atoms with Crippen LogP contribution in [0.25, 0.3) is 0 Å². The second kappa shape index (κ2) is 8.81. The lowest BCUT2D eigenvalue weighted by molar-refractivity contribution is -0.132. The van der Waals surface area contributed by atoms with Gasteiger partial charge in [-0.25, -0.2) is 0 Å². The number of nitrogens with zero attached hydrogens (tertiary/aromatic N) is 2. The van der Waals surface area contributed by atoms with Crippen LogP contribution in [-0.2, 0) is 4.79 Å². The Bertz CT molecular complexity index is 256. The van der Waals surface area contributed by atoms with Gasteiger partial charge in [-0.3, -0.25) is 4.79 Å². The molecular formula is C11H23N3O3. The Hall–Kier alpha value is -1.30. The molecule has 0 bridgehead atoms. The number of aliphatic hydroxyl groups is 1. The Morgan fingerprint density at radius 1 is 1.41 bits per heavy atom. The molecule has 0 saturated heterocycles. The van der Waals surface area contributed by atoms with E-state index in [1.54, 1.807) is 11.9 Å². The molecule has 0 spiro atoms. The molecule has 6 nitrogen and oxygen atoms in total. The first-order valence-electron chi connectivity index (χ1n) is 5.91. The van der Waals surface area contributed by atoms with Crippen LogP contribution in [0.5, 0.6) is 0 Å². The summed E-state index contributed by atoms with van der Waals surface area (Å²) in [4.78, 5) is 13.5. The van der Waals surface area contributed by atoms with Crippen molar-refractivity contribution in [3.63, 3.8) is 0 Å². The molecule has 1 atom stereocenters. The molecule has 1 amide bonds. The van der Waals surface area contributed by atoms with E-state index < -0.39 is 5.92 Å². The van der Waals surface area contributed by atoms with Crippen LogP contribution in [0.15, 0.2) is 5.16 Å². The molecule has 0 saturated carbocycles. The quantitative estimate of drug-likeness (QED) is 0.189. The minimum atomic E-state index is -0.553. The van der Waals surface area contributed by atoms with Gasteiger partial charge in [0.1, 0.15) is 0 Å². The van der Waals surface area contributed by atoms with Crippen molar-refractivity contribution in [3.05, 3.63) is 0 Å². The average Bonchev–Trinajstić information content (AvgIpc) is 2.34. The van der Waals surface area contributed by atoms with Gasteiger partial charge in [0.15, 0.2) is 5.84 Å². The molecule has 0 aliphatic heterocycles. The summed E-state index contributed by atoms with van der Waals surface area (Å²) in [7, 11) is 1.70. The van der Waals surface area contributed by atoms with Gasteiger partial charge in [0, 0.05) is 20.2 Å². The number of aliphatic hydroxyl groups excluding tert-OH is 1. The molecular weight excluding hydrogens is 222 g/mol. The molecule has 1 unspecified atom stereocenters. The van der Waals surface area contributed by atoms with Crippen molar-refractivity contribution in [1.29, 1.82) is 0 Å². The molecule has 0 aromatic rings. The molecule has 0 rings (SSSR count). The topological polar surface area (TPSA) is 99.2 Å². The Morgan fingerprint density at radius 3 is 2.53 bits per heavy atom. The first-order valence-corrected chi connectivity index (χ1v) is 5.91. The molecule has 0 heterocycles. The lowest BCUT2D eigenvalue weighted by Crippen LogP contribution is -2.40. The molecule has 0 aliphatic carbocycles. The van der Waals surface area contributed by atoms with E-state index in [1.807, 2.05) is 6.92 Å². The fourth-order valence-corrected chi connectivity index (χ4v) is 1.59. The van der Waals surface area contributed by atoms with E-state index in [0.29, 0.717) is 13.0 Å². The van der Waals surface area contributed by atoms with E-state index in [-0.39, 0.29) is 18.3 Å². The predicted molar refractivity (Wildman–Crippen MR) is 65.8 cm³/mol. The van der Waals surface area contributed by atoms with E-state index in [0.717, 1.165) is 19.3 Å². The maximum Gasteiger partial charge on any atom is 0.233 e. The number of hydrogen-bond acceptors (Lipinski definition) is 4. The molecule has 6 heteroatoms. The van der Waals surface area contributed by atoms with Crippen LogP contribution in [0.2, 0.25) is 0 Å². The number of hydrogen-bond donors (Lipinski definition) is 3. The van der Waals surface area contributed by atoms with Crippen molar-refractivity contribution in [2.75, 3.05) is 20.2 Å². The number of amides is 1. The highest BCUT2D eigenvalue weighted by atomic mass is 16.4. The summed E-state index contributed by atoms with van der Waals surface area (Å²) in [6.45, 7) is 2.62. The second-order valence-electron chi connectivity index (χ2n) is 4.03. The first-order chi connectivity index (χ1) is 8.08. The molecule has 0 radical (unpaired) electrons. The highest BCUT2D eigenvalue weighted by Gasteiger charge is 2.24. The third-order valence-corrected chi connectivity index (χ3v) is 2.71. The maximum absolute atomic E-state index is 11.9. The van der Waals surface area contributed by atoms with Crippen LogP contribution in [0.3, 0.4) is 0 Å². The van der Waals surface area contributed by atoms with Crippen molar-refractivity contribution in [1.82, 2.24) is 4.90 Å². The average molecular weight is 245 g/mol. The van der Waals surface area contributed by atoms with Crippen molar-refractivity contribution in [3.8, 4) is 0 Å². The number of rotatable bonds is 8. The van der Waals surface area contributed by atoms with E-state index in [1.165, 1.54) is 0 Å². The first kappa shape index (κ1) is 15.7. The summed E-state index contributed by atoms with van der Waals surface area (Å²) in [6, 6.07) is 0. The smallest absolute Gasteiger partial charge is 0.233 e. The van der Waals surface area contributed by atoms with E-state index >= 15 is 0 Å². The molecule has 17 heavy (non-hydrogen) atoms. The van der Waals surface area contributed by atoms with Gasteiger partial charge in [0.05, 0.1) is 5.92 Å². The fraction of sp³-hybridized carbons (Fsp3) is 0.818. The Balaban J connectivity index is 4.18. The zero-order valence-electron chi connectivity index (χ0n) is 10.6. The summed E-state index contributed by atoms with van der Waals surface area (Å²) in [5.74, 6) is -0.727. The zero-order chi connectivity index (χ0) is 13.3. The van der Waals surface area contributed by atoms with E-state index in [9.17, 15) is 4.79 Å². The number of nitrogens with two attached hydrogens (primary N) is 1. The Labute approximate surface area is 102 Å². The van der Waals surface area contributed by atoms with Crippen molar-refractivity contribution >= 4 is 11.7 Å². The SMILES string of the molecule is CCC(C(=O)N(C)CCCCCO)C(N)=NO. The van der Waals surface area contributed by atoms with Crippen LogP contribution in [0.1, 0.15) is 32.6 Å². The fourth-order valence-electron chi connectivity index (χ4n) is 1.59. The molecule has 4 N–H and O–H groups in total. The van der Waals surface area contributed by atoms with Crippen molar-refractivity contribution in [2.45, 2.75) is 32.6 Å². The summed E-state index contributed by atoms with van der Waals surface area (Å²) < 4.78 is 0. The van der Waals surface area contributed by atoms with Gasteiger partial charge in [-0.2, -0.15) is 0 Å². The van der Waals surface area contributed by atoms with Crippen LogP contribution in [-0.4, -0.2) is 47.2 Å². The van der Waals surface area contributed by atoms with Gasteiger partial charge < -0.3 is 20.9 Å². The van der Waals surface area contributed by atoms with Gasteiger partial charge >= 0.3 is 0 Å². The van der Waals surface area contributed by atoms with E-state index in [4.69, 9.17) is 16.0 Å². The predicted octanol–water partition coefficient (Wildman–Crippen LogP) is 0.380. The molecule has 0 fully saturated rings. The van der Waals surface area contributed by atoms with Crippen LogP contribution < -0.4 is 5.73 Å². The zero-order valence-corrected chi connectivity index (χ0v) is 10.6. The van der Waals surface area contributed by atoms with Crippen molar-refractivity contribution in [2.24, 2.45) is 16.8 Å². The van der Waals surface area contributed by atoms with Gasteiger partial charge in [-0.05, 0) is 25.7 Å². The molecule has 100 valence electrons. The molecule has 0 aromatic carbocycles. The number of carbonyl (C=O) groups is 1. The maximum atomic E-state index is 11.9. The van der Waals surface area contributed by atoms with Gasteiger partial charge in [0.25, 0.3) is 0 Å². The van der Waals surface area contributed by atoms with Gasteiger partial charge in [0.2, 0.25) is 5.91 Å².